The molecule has 26 heavy (non-hydrogen) atoms. The highest BCUT2D eigenvalue weighted by Gasteiger charge is 2.14. The topological polar surface area (TPSA) is 59.2 Å². The van der Waals surface area contributed by atoms with E-state index in [1.165, 1.54) is 6.07 Å². The van der Waals surface area contributed by atoms with Crippen molar-refractivity contribution in [3.8, 4) is 16.9 Å². The van der Waals surface area contributed by atoms with Crippen LogP contribution in [-0.2, 0) is 6.61 Å². The number of aromatic nitrogens is 1. The van der Waals surface area contributed by atoms with Crippen molar-refractivity contribution >= 4 is 6.29 Å². The van der Waals surface area contributed by atoms with Gasteiger partial charge < -0.3 is 9.72 Å². The van der Waals surface area contributed by atoms with Crippen molar-refractivity contribution in [3.05, 3.63) is 87.3 Å². The van der Waals surface area contributed by atoms with Gasteiger partial charge in [-0.15, -0.1) is 0 Å². The summed E-state index contributed by atoms with van der Waals surface area (Å²) >= 11 is 0. The van der Waals surface area contributed by atoms with Crippen LogP contribution >= 0.6 is 0 Å². The maximum absolute atomic E-state index is 13.8. The number of H-pyrrole nitrogens is 1. The molecule has 1 aromatic heterocycles. The minimum atomic E-state index is -0.726. The monoisotopic (exact) mass is 355 g/mol. The van der Waals surface area contributed by atoms with E-state index in [4.69, 9.17) is 4.74 Å². The summed E-state index contributed by atoms with van der Waals surface area (Å²) in [4.78, 5) is 26.1. The van der Waals surface area contributed by atoms with E-state index in [1.54, 1.807) is 37.3 Å². The molecule has 1 heterocycles. The van der Waals surface area contributed by atoms with E-state index in [1.807, 2.05) is 0 Å². The Balaban J connectivity index is 2.01. The molecule has 0 amide bonds. The van der Waals surface area contributed by atoms with Crippen LogP contribution in [0.15, 0.2) is 53.3 Å². The third-order valence-corrected chi connectivity index (χ3v) is 3.84. The van der Waals surface area contributed by atoms with Crippen LogP contribution in [-0.4, -0.2) is 11.3 Å². The van der Waals surface area contributed by atoms with Crippen LogP contribution in [0, 0.1) is 18.6 Å². The Hall–Kier alpha value is -3.28. The number of pyridine rings is 1. The summed E-state index contributed by atoms with van der Waals surface area (Å²) in [5.41, 5.74) is 1.50. The highest BCUT2D eigenvalue weighted by molar-refractivity contribution is 5.80. The molecule has 1 N–H and O–H groups in total. The quantitative estimate of drug-likeness (QED) is 0.703. The molecule has 2 aromatic carbocycles. The Labute approximate surface area is 148 Å². The van der Waals surface area contributed by atoms with Crippen LogP contribution < -0.4 is 10.3 Å². The van der Waals surface area contributed by atoms with E-state index in [2.05, 4.69) is 4.98 Å². The molecule has 0 spiro atoms. The number of halogens is 2. The third kappa shape index (κ3) is 3.69. The summed E-state index contributed by atoms with van der Waals surface area (Å²) < 4.78 is 32.5. The summed E-state index contributed by atoms with van der Waals surface area (Å²) in [6, 6.07) is 11.3. The van der Waals surface area contributed by atoms with Gasteiger partial charge in [0.15, 0.2) is 0 Å². The first-order valence-corrected chi connectivity index (χ1v) is 7.84. The fourth-order valence-electron chi connectivity index (χ4n) is 2.61. The van der Waals surface area contributed by atoms with Crippen molar-refractivity contribution in [2.45, 2.75) is 13.5 Å². The lowest BCUT2D eigenvalue weighted by Gasteiger charge is -2.13. The van der Waals surface area contributed by atoms with Gasteiger partial charge in [0.05, 0.1) is 5.56 Å². The van der Waals surface area contributed by atoms with Crippen LogP contribution in [0.5, 0.6) is 5.75 Å². The molecule has 0 atom stereocenters. The molecule has 6 heteroatoms. The lowest BCUT2D eigenvalue weighted by atomic mass is 10.0. The Morgan fingerprint density at radius 2 is 1.92 bits per heavy atom. The van der Waals surface area contributed by atoms with Gasteiger partial charge >= 0.3 is 0 Å². The minimum Gasteiger partial charge on any atom is -0.488 e. The molecule has 0 radical (unpaired) electrons. The standard InChI is InChI=1S/C20H15F2NO3/c1-12-7-18(26-11-15-5-6-16(21)9-17(15)22)19(20(25)23-12)14-4-2-3-13(8-14)10-24/h2-10H,11H2,1H3,(H,23,25). The molecule has 3 rings (SSSR count). The van der Waals surface area contributed by atoms with Gasteiger partial charge in [-0.25, -0.2) is 8.78 Å². The number of ether oxygens (including phenoxy) is 1. The van der Waals surface area contributed by atoms with Gasteiger partial charge in [-0.1, -0.05) is 18.2 Å². The first kappa shape index (κ1) is 17.5. The fraction of sp³-hybridized carbons (Fsp3) is 0.100. The molecule has 0 saturated carbocycles. The summed E-state index contributed by atoms with van der Waals surface area (Å²) in [6.45, 7) is 1.52. The van der Waals surface area contributed by atoms with Gasteiger partial charge in [-0.2, -0.15) is 0 Å². The molecular weight excluding hydrogens is 340 g/mol. The largest absolute Gasteiger partial charge is 0.488 e. The van der Waals surface area contributed by atoms with Crippen LogP contribution in [0.4, 0.5) is 8.78 Å². The van der Waals surface area contributed by atoms with E-state index in [9.17, 15) is 18.4 Å². The number of carbonyl (C=O) groups is 1. The predicted molar refractivity (Wildman–Crippen MR) is 93.3 cm³/mol. The van der Waals surface area contributed by atoms with Crippen LogP contribution in [0.3, 0.4) is 0 Å². The van der Waals surface area contributed by atoms with Gasteiger partial charge in [0, 0.05) is 29.0 Å². The molecule has 0 saturated heterocycles. The number of carbonyl (C=O) groups excluding carboxylic acids is 1. The zero-order valence-electron chi connectivity index (χ0n) is 13.9. The van der Waals surface area contributed by atoms with Gasteiger partial charge in [-0.3, -0.25) is 9.59 Å². The van der Waals surface area contributed by atoms with E-state index in [-0.39, 0.29) is 29.0 Å². The summed E-state index contributed by atoms with van der Waals surface area (Å²) in [7, 11) is 0. The Morgan fingerprint density at radius 1 is 1.12 bits per heavy atom. The Bertz CT molecular complexity index is 1030. The van der Waals surface area contributed by atoms with Crippen molar-refractivity contribution < 1.29 is 18.3 Å². The Morgan fingerprint density at radius 3 is 2.65 bits per heavy atom. The average molecular weight is 355 g/mol. The zero-order chi connectivity index (χ0) is 18.7. The second-order valence-corrected chi connectivity index (χ2v) is 5.79. The first-order valence-electron chi connectivity index (χ1n) is 7.84. The minimum absolute atomic E-state index is 0.164. The van der Waals surface area contributed by atoms with Gasteiger partial charge in [0.2, 0.25) is 0 Å². The summed E-state index contributed by atoms with van der Waals surface area (Å²) in [5, 5.41) is 0. The lowest BCUT2D eigenvalue weighted by molar-refractivity contribution is 0.112. The Kier molecular flexibility index (Phi) is 4.93. The second kappa shape index (κ2) is 7.31. The number of aldehydes is 1. The van der Waals surface area contributed by atoms with E-state index in [0.717, 1.165) is 12.1 Å². The smallest absolute Gasteiger partial charge is 0.259 e. The molecular formula is C20H15F2NO3. The molecule has 132 valence electrons. The maximum Gasteiger partial charge on any atom is 0.259 e. The van der Waals surface area contributed by atoms with Crippen molar-refractivity contribution in [1.29, 1.82) is 0 Å². The fourth-order valence-corrected chi connectivity index (χ4v) is 2.61. The molecule has 0 aliphatic carbocycles. The molecule has 3 aromatic rings. The number of rotatable bonds is 5. The molecule has 0 aliphatic heterocycles. The highest BCUT2D eigenvalue weighted by atomic mass is 19.1. The van der Waals surface area contributed by atoms with E-state index >= 15 is 0 Å². The van der Waals surface area contributed by atoms with Crippen LogP contribution in [0.1, 0.15) is 21.6 Å². The molecule has 0 unspecified atom stereocenters. The SMILES string of the molecule is Cc1cc(OCc2ccc(F)cc2F)c(-c2cccc(C=O)c2)c(=O)[nH]1. The number of aryl methyl sites for hydroxylation is 1. The number of benzene rings is 2. The molecule has 0 bridgehead atoms. The van der Waals surface area contributed by atoms with Gasteiger partial charge in [-0.05, 0) is 30.7 Å². The highest BCUT2D eigenvalue weighted by Crippen LogP contribution is 2.28. The normalized spacial score (nSPS) is 10.6. The maximum atomic E-state index is 13.8. The summed E-state index contributed by atoms with van der Waals surface area (Å²) in [6.07, 6.45) is 0.681. The van der Waals surface area contributed by atoms with Crippen molar-refractivity contribution in [2.24, 2.45) is 0 Å². The summed E-state index contributed by atoms with van der Waals surface area (Å²) in [5.74, 6) is -1.15. The van der Waals surface area contributed by atoms with Crippen molar-refractivity contribution in [3.63, 3.8) is 0 Å². The number of nitrogens with one attached hydrogen (secondary N) is 1. The number of aromatic amines is 1. The number of hydrogen-bond acceptors (Lipinski definition) is 3. The molecule has 4 nitrogen and oxygen atoms in total. The lowest BCUT2D eigenvalue weighted by Crippen LogP contribution is -2.13. The van der Waals surface area contributed by atoms with Crippen molar-refractivity contribution in [2.75, 3.05) is 0 Å². The van der Waals surface area contributed by atoms with E-state index < -0.39 is 11.6 Å². The third-order valence-electron chi connectivity index (χ3n) is 3.84. The molecule has 0 aliphatic rings. The van der Waals surface area contributed by atoms with E-state index in [0.29, 0.717) is 23.1 Å². The van der Waals surface area contributed by atoms with Crippen LogP contribution in [0.2, 0.25) is 0 Å². The first-order chi connectivity index (χ1) is 12.5. The second-order valence-electron chi connectivity index (χ2n) is 5.79. The van der Waals surface area contributed by atoms with Gasteiger partial charge in [0.1, 0.15) is 30.3 Å². The molecule has 0 fully saturated rings. The predicted octanol–water partition coefficient (Wildman–Crippen LogP) is 4.02. The van der Waals surface area contributed by atoms with Crippen LogP contribution in [0.25, 0.3) is 11.1 Å². The van der Waals surface area contributed by atoms with Gasteiger partial charge in [0.25, 0.3) is 5.56 Å². The van der Waals surface area contributed by atoms with Crippen molar-refractivity contribution in [1.82, 2.24) is 4.98 Å². The average Bonchev–Trinajstić information content (AvgIpc) is 2.60. The zero-order valence-corrected chi connectivity index (χ0v) is 13.9. The number of hydrogen-bond donors (Lipinski definition) is 1.